The van der Waals surface area contributed by atoms with Crippen LogP contribution in [-0.4, -0.2) is 25.3 Å². The zero-order valence-corrected chi connectivity index (χ0v) is 9.03. The van der Waals surface area contributed by atoms with Crippen molar-refractivity contribution < 1.29 is 13.9 Å². The molecule has 3 nitrogen and oxygen atoms in total. The highest BCUT2D eigenvalue weighted by atomic mass is 19.1. The van der Waals surface area contributed by atoms with Crippen LogP contribution >= 0.6 is 0 Å². The third-order valence-corrected chi connectivity index (χ3v) is 2.68. The van der Waals surface area contributed by atoms with E-state index in [1.54, 1.807) is 37.6 Å². The molecule has 16 heavy (non-hydrogen) atoms. The molecule has 2 rings (SSSR count). The van der Waals surface area contributed by atoms with E-state index in [1.165, 1.54) is 0 Å². The van der Waals surface area contributed by atoms with E-state index in [2.05, 4.69) is 5.32 Å². The Morgan fingerprint density at radius 3 is 2.94 bits per heavy atom. The number of aliphatic hydroxyl groups is 1. The van der Waals surface area contributed by atoms with Crippen molar-refractivity contribution in [2.75, 3.05) is 20.2 Å². The summed E-state index contributed by atoms with van der Waals surface area (Å²) < 4.78 is 19.5. The Morgan fingerprint density at radius 2 is 2.25 bits per heavy atom. The van der Waals surface area contributed by atoms with Crippen LogP contribution in [0.15, 0.2) is 34.9 Å². The zero-order chi connectivity index (χ0) is 11.6. The van der Waals surface area contributed by atoms with Gasteiger partial charge in [-0.05, 0) is 30.8 Å². The molecule has 0 spiro atoms. The van der Waals surface area contributed by atoms with Crippen LogP contribution in [0.5, 0.6) is 0 Å². The SMILES string of the molecule is CNCC(F)(CO)c1ccc2occc2c1. The molecule has 4 heteroatoms. The number of fused-ring (bicyclic) bond motifs is 1. The van der Waals surface area contributed by atoms with Crippen molar-refractivity contribution in [3.8, 4) is 0 Å². The minimum absolute atomic E-state index is 0.0762. The van der Waals surface area contributed by atoms with Crippen LogP contribution in [0.25, 0.3) is 11.0 Å². The average molecular weight is 223 g/mol. The number of hydrogen-bond donors (Lipinski definition) is 2. The largest absolute Gasteiger partial charge is 0.464 e. The third-order valence-electron chi connectivity index (χ3n) is 2.68. The van der Waals surface area contributed by atoms with Gasteiger partial charge in [0.05, 0.1) is 12.9 Å². The lowest BCUT2D eigenvalue weighted by Crippen LogP contribution is -2.35. The van der Waals surface area contributed by atoms with Crippen LogP contribution < -0.4 is 5.32 Å². The van der Waals surface area contributed by atoms with Crippen molar-refractivity contribution in [3.63, 3.8) is 0 Å². The second-order valence-electron chi connectivity index (χ2n) is 3.83. The first-order valence-electron chi connectivity index (χ1n) is 5.12. The van der Waals surface area contributed by atoms with Gasteiger partial charge < -0.3 is 14.8 Å². The lowest BCUT2D eigenvalue weighted by Gasteiger charge is -2.23. The number of hydrogen-bond acceptors (Lipinski definition) is 3. The lowest BCUT2D eigenvalue weighted by atomic mass is 9.95. The molecule has 0 aliphatic rings. The predicted molar refractivity (Wildman–Crippen MR) is 60.0 cm³/mol. The molecule has 0 amide bonds. The highest BCUT2D eigenvalue weighted by Crippen LogP contribution is 2.28. The molecule has 2 aromatic rings. The number of likely N-dealkylation sites (N-methyl/N-ethyl adjacent to an activating group) is 1. The van der Waals surface area contributed by atoms with E-state index in [9.17, 15) is 4.39 Å². The minimum Gasteiger partial charge on any atom is -0.464 e. The zero-order valence-electron chi connectivity index (χ0n) is 9.03. The van der Waals surface area contributed by atoms with Crippen molar-refractivity contribution in [2.45, 2.75) is 5.67 Å². The molecule has 1 aromatic carbocycles. The standard InChI is InChI=1S/C12H14FNO2/c1-14-7-12(13,8-15)10-2-3-11-9(6-10)4-5-16-11/h2-6,14-15H,7-8H2,1H3. The molecule has 1 unspecified atom stereocenters. The van der Waals surface area contributed by atoms with Gasteiger partial charge in [-0.15, -0.1) is 0 Å². The predicted octanol–water partition coefficient (Wildman–Crippen LogP) is 1.81. The maximum atomic E-state index is 14.3. The van der Waals surface area contributed by atoms with Gasteiger partial charge in [0.25, 0.3) is 0 Å². The molecule has 2 N–H and O–H groups in total. The second kappa shape index (κ2) is 4.23. The summed E-state index contributed by atoms with van der Waals surface area (Å²) in [5.41, 5.74) is -0.577. The molecule has 0 fully saturated rings. The van der Waals surface area contributed by atoms with Crippen LogP contribution in [0.3, 0.4) is 0 Å². The summed E-state index contributed by atoms with van der Waals surface area (Å²) in [5, 5.41) is 12.7. The van der Waals surface area contributed by atoms with Gasteiger partial charge in [-0.2, -0.15) is 0 Å². The molecule has 1 aromatic heterocycles. The van der Waals surface area contributed by atoms with Gasteiger partial charge >= 0.3 is 0 Å². The number of benzene rings is 1. The van der Waals surface area contributed by atoms with Gasteiger partial charge in [-0.1, -0.05) is 6.07 Å². The summed E-state index contributed by atoms with van der Waals surface area (Å²) in [7, 11) is 1.65. The summed E-state index contributed by atoms with van der Waals surface area (Å²) in [6.45, 7) is -0.468. The van der Waals surface area contributed by atoms with Crippen LogP contribution in [0, 0.1) is 0 Å². The van der Waals surface area contributed by atoms with Gasteiger partial charge in [0.1, 0.15) is 5.58 Å². The summed E-state index contributed by atoms with van der Waals surface area (Å²) >= 11 is 0. The average Bonchev–Trinajstić information content (AvgIpc) is 2.76. The van der Waals surface area contributed by atoms with E-state index in [4.69, 9.17) is 9.52 Å². The van der Waals surface area contributed by atoms with Gasteiger partial charge in [0.2, 0.25) is 0 Å². The quantitative estimate of drug-likeness (QED) is 0.831. The van der Waals surface area contributed by atoms with E-state index in [-0.39, 0.29) is 6.54 Å². The molecule has 0 saturated carbocycles. The Kier molecular flexibility index (Phi) is 2.94. The molecule has 0 radical (unpaired) electrons. The van der Waals surface area contributed by atoms with Gasteiger partial charge in [-0.3, -0.25) is 0 Å². The molecule has 0 aliphatic heterocycles. The molecule has 1 atom stereocenters. The molecule has 0 bridgehead atoms. The summed E-state index contributed by atoms with van der Waals surface area (Å²) in [6.07, 6.45) is 1.56. The Labute approximate surface area is 92.9 Å². The minimum atomic E-state index is -1.75. The summed E-state index contributed by atoms with van der Waals surface area (Å²) in [4.78, 5) is 0. The summed E-state index contributed by atoms with van der Waals surface area (Å²) in [6, 6.07) is 6.83. The van der Waals surface area contributed by atoms with Gasteiger partial charge in [0, 0.05) is 11.9 Å². The Morgan fingerprint density at radius 1 is 1.44 bits per heavy atom. The molecule has 0 aliphatic carbocycles. The molecule has 1 heterocycles. The Balaban J connectivity index is 2.44. The molecule has 86 valence electrons. The number of rotatable bonds is 4. The lowest BCUT2D eigenvalue weighted by molar-refractivity contribution is 0.0702. The number of alkyl halides is 1. The smallest absolute Gasteiger partial charge is 0.171 e. The topological polar surface area (TPSA) is 45.4 Å². The maximum absolute atomic E-state index is 14.3. The maximum Gasteiger partial charge on any atom is 0.171 e. The molecular weight excluding hydrogens is 209 g/mol. The normalized spacial score (nSPS) is 15.2. The van der Waals surface area contributed by atoms with E-state index in [0.717, 1.165) is 5.39 Å². The fraction of sp³-hybridized carbons (Fsp3) is 0.333. The fourth-order valence-electron chi connectivity index (χ4n) is 1.77. The number of aliphatic hydroxyl groups excluding tert-OH is 1. The van der Waals surface area contributed by atoms with Crippen LogP contribution in [0.1, 0.15) is 5.56 Å². The first-order valence-corrected chi connectivity index (χ1v) is 5.12. The highest BCUT2D eigenvalue weighted by Gasteiger charge is 2.30. The van der Waals surface area contributed by atoms with Crippen LogP contribution in [-0.2, 0) is 5.67 Å². The van der Waals surface area contributed by atoms with E-state index < -0.39 is 12.3 Å². The van der Waals surface area contributed by atoms with E-state index >= 15 is 0 Å². The van der Waals surface area contributed by atoms with Crippen molar-refractivity contribution in [3.05, 3.63) is 36.1 Å². The highest BCUT2D eigenvalue weighted by molar-refractivity contribution is 5.78. The number of nitrogens with one attached hydrogen (secondary N) is 1. The third kappa shape index (κ3) is 1.81. The van der Waals surface area contributed by atoms with E-state index in [0.29, 0.717) is 11.1 Å². The van der Waals surface area contributed by atoms with Gasteiger partial charge in [-0.25, -0.2) is 4.39 Å². The van der Waals surface area contributed by atoms with Crippen molar-refractivity contribution in [1.29, 1.82) is 0 Å². The van der Waals surface area contributed by atoms with Crippen LogP contribution in [0.4, 0.5) is 4.39 Å². The van der Waals surface area contributed by atoms with E-state index in [1.807, 2.05) is 0 Å². The molecular formula is C12H14FNO2. The van der Waals surface area contributed by atoms with Crippen molar-refractivity contribution in [2.24, 2.45) is 0 Å². The fourth-order valence-corrected chi connectivity index (χ4v) is 1.77. The second-order valence-corrected chi connectivity index (χ2v) is 3.83. The van der Waals surface area contributed by atoms with Crippen molar-refractivity contribution in [1.82, 2.24) is 5.32 Å². The van der Waals surface area contributed by atoms with Crippen molar-refractivity contribution >= 4 is 11.0 Å². The first-order chi connectivity index (χ1) is 7.69. The Bertz CT molecular complexity index is 483. The monoisotopic (exact) mass is 223 g/mol. The Hall–Kier alpha value is -1.39. The first kappa shape index (κ1) is 11.1. The number of halogens is 1. The van der Waals surface area contributed by atoms with Crippen LogP contribution in [0.2, 0.25) is 0 Å². The van der Waals surface area contributed by atoms with Gasteiger partial charge in [0.15, 0.2) is 5.67 Å². The summed E-state index contributed by atoms with van der Waals surface area (Å²) in [5.74, 6) is 0. The molecule has 0 saturated heterocycles. The number of furan rings is 1.